The standard InChI is InChI=1S/C10H12NO/c1-7-4-5-9-10(6-7)12-8(2)11(9)3/h4-6H,1-3H3/q+1. The Hall–Kier alpha value is -1.31. The van der Waals surface area contributed by atoms with Crippen LogP contribution in [0.2, 0.25) is 0 Å². The van der Waals surface area contributed by atoms with Crippen molar-refractivity contribution in [1.82, 2.24) is 0 Å². The minimum Gasteiger partial charge on any atom is -0.402 e. The van der Waals surface area contributed by atoms with Crippen LogP contribution < -0.4 is 4.57 Å². The van der Waals surface area contributed by atoms with Gasteiger partial charge in [-0.3, -0.25) is 0 Å². The minimum absolute atomic E-state index is 0.940. The highest BCUT2D eigenvalue weighted by Crippen LogP contribution is 2.13. The van der Waals surface area contributed by atoms with E-state index in [9.17, 15) is 0 Å². The van der Waals surface area contributed by atoms with Crippen molar-refractivity contribution in [3.05, 3.63) is 29.7 Å². The van der Waals surface area contributed by atoms with Crippen molar-refractivity contribution in [1.29, 1.82) is 0 Å². The second kappa shape index (κ2) is 2.34. The summed E-state index contributed by atoms with van der Waals surface area (Å²) >= 11 is 0. The number of oxazole rings is 1. The molecule has 0 amide bonds. The van der Waals surface area contributed by atoms with Crippen molar-refractivity contribution in [2.75, 3.05) is 0 Å². The summed E-state index contributed by atoms with van der Waals surface area (Å²) in [5, 5.41) is 0. The van der Waals surface area contributed by atoms with Gasteiger partial charge in [0.05, 0.1) is 6.92 Å². The lowest BCUT2D eigenvalue weighted by molar-refractivity contribution is -0.657. The Morgan fingerprint density at radius 3 is 2.75 bits per heavy atom. The molecule has 2 nitrogen and oxygen atoms in total. The number of hydrogen-bond donors (Lipinski definition) is 0. The smallest absolute Gasteiger partial charge is 0.344 e. The van der Waals surface area contributed by atoms with Gasteiger partial charge in [0.25, 0.3) is 5.52 Å². The molecule has 0 aliphatic heterocycles. The molecule has 0 aliphatic rings. The van der Waals surface area contributed by atoms with E-state index in [4.69, 9.17) is 4.42 Å². The number of aromatic nitrogens is 1. The van der Waals surface area contributed by atoms with E-state index in [1.807, 2.05) is 14.0 Å². The van der Waals surface area contributed by atoms with Crippen LogP contribution in [0.3, 0.4) is 0 Å². The Kier molecular flexibility index (Phi) is 1.43. The average molecular weight is 162 g/mol. The summed E-state index contributed by atoms with van der Waals surface area (Å²) in [6.07, 6.45) is 0. The molecule has 62 valence electrons. The van der Waals surface area contributed by atoms with Crippen molar-refractivity contribution >= 4 is 11.1 Å². The van der Waals surface area contributed by atoms with Crippen LogP contribution in [0.15, 0.2) is 22.6 Å². The van der Waals surface area contributed by atoms with Gasteiger partial charge in [0.15, 0.2) is 0 Å². The number of hydrogen-bond acceptors (Lipinski definition) is 1. The molecule has 0 fully saturated rings. The molecular formula is C10H12NO+. The summed E-state index contributed by atoms with van der Waals surface area (Å²) < 4.78 is 7.59. The fourth-order valence-corrected chi connectivity index (χ4v) is 1.38. The lowest BCUT2D eigenvalue weighted by atomic mass is 10.2. The van der Waals surface area contributed by atoms with Gasteiger partial charge >= 0.3 is 5.89 Å². The van der Waals surface area contributed by atoms with Crippen molar-refractivity contribution in [3.63, 3.8) is 0 Å². The first-order chi connectivity index (χ1) is 5.68. The van der Waals surface area contributed by atoms with Crippen LogP contribution in [0, 0.1) is 13.8 Å². The molecule has 0 radical (unpaired) electrons. The third-order valence-electron chi connectivity index (χ3n) is 2.21. The first-order valence-corrected chi connectivity index (χ1v) is 4.04. The quantitative estimate of drug-likeness (QED) is 0.540. The van der Waals surface area contributed by atoms with Crippen molar-refractivity contribution < 1.29 is 8.98 Å². The van der Waals surface area contributed by atoms with Gasteiger partial charge in [-0.05, 0) is 18.6 Å². The normalized spacial score (nSPS) is 10.9. The van der Waals surface area contributed by atoms with Gasteiger partial charge in [-0.15, -0.1) is 0 Å². The first kappa shape index (κ1) is 7.35. The zero-order chi connectivity index (χ0) is 8.72. The molecule has 0 aliphatic carbocycles. The topological polar surface area (TPSA) is 17.0 Å². The highest BCUT2D eigenvalue weighted by Gasteiger charge is 2.13. The molecule has 0 bridgehead atoms. The van der Waals surface area contributed by atoms with E-state index in [2.05, 4.69) is 29.7 Å². The minimum atomic E-state index is 0.940. The molecule has 1 heterocycles. The van der Waals surface area contributed by atoms with Gasteiger partial charge in [0.1, 0.15) is 7.05 Å². The first-order valence-electron chi connectivity index (χ1n) is 4.04. The Balaban J connectivity index is 2.87. The average Bonchev–Trinajstić information content (AvgIpc) is 2.28. The van der Waals surface area contributed by atoms with E-state index in [0.717, 1.165) is 17.0 Å². The van der Waals surface area contributed by atoms with Gasteiger partial charge in [-0.2, -0.15) is 4.57 Å². The van der Waals surface area contributed by atoms with E-state index >= 15 is 0 Å². The third-order valence-corrected chi connectivity index (χ3v) is 2.21. The van der Waals surface area contributed by atoms with Gasteiger partial charge in [0.2, 0.25) is 5.58 Å². The second-order valence-electron chi connectivity index (χ2n) is 3.15. The predicted molar refractivity (Wildman–Crippen MR) is 46.9 cm³/mol. The van der Waals surface area contributed by atoms with Gasteiger partial charge in [0, 0.05) is 6.07 Å². The van der Waals surface area contributed by atoms with Crippen LogP contribution in [0.5, 0.6) is 0 Å². The Morgan fingerprint density at radius 1 is 1.25 bits per heavy atom. The summed E-state index contributed by atoms with van der Waals surface area (Å²) in [6, 6.07) is 6.24. The van der Waals surface area contributed by atoms with E-state index in [0.29, 0.717) is 0 Å². The molecule has 0 saturated carbocycles. The summed E-state index contributed by atoms with van der Waals surface area (Å²) in [7, 11) is 2.01. The fourth-order valence-electron chi connectivity index (χ4n) is 1.38. The molecule has 2 rings (SSSR count). The number of rotatable bonds is 0. The molecule has 0 spiro atoms. The molecule has 1 aromatic carbocycles. The van der Waals surface area contributed by atoms with Crippen molar-refractivity contribution in [2.24, 2.45) is 7.05 Å². The molecule has 2 heteroatoms. The van der Waals surface area contributed by atoms with E-state index < -0.39 is 0 Å². The summed E-state index contributed by atoms with van der Waals surface area (Å²) in [6.45, 7) is 4.03. The van der Waals surface area contributed by atoms with Crippen LogP contribution in [0.1, 0.15) is 11.5 Å². The SMILES string of the molecule is Cc1ccc2c(c1)oc(C)[n+]2C. The van der Waals surface area contributed by atoms with Crippen molar-refractivity contribution in [3.8, 4) is 0 Å². The highest BCUT2D eigenvalue weighted by molar-refractivity contribution is 5.69. The number of aryl methyl sites for hydroxylation is 3. The molecule has 1 aromatic heterocycles. The highest BCUT2D eigenvalue weighted by atomic mass is 16.3. The summed E-state index contributed by atoms with van der Waals surface area (Å²) in [5.74, 6) is 0.940. The molecule has 12 heavy (non-hydrogen) atoms. The summed E-state index contributed by atoms with van der Waals surface area (Å²) in [5.41, 5.74) is 3.35. The molecule has 0 unspecified atom stereocenters. The predicted octanol–water partition coefficient (Wildman–Crippen LogP) is 1.87. The molecule has 0 saturated heterocycles. The lowest BCUT2D eigenvalue weighted by Gasteiger charge is -1.86. The third kappa shape index (κ3) is 0.916. The number of benzene rings is 1. The maximum Gasteiger partial charge on any atom is 0.344 e. The van der Waals surface area contributed by atoms with Crippen LogP contribution in [-0.4, -0.2) is 0 Å². The Labute approximate surface area is 71.4 Å². The summed E-state index contributed by atoms with van der Waals surface area (Å²) in [4.78, 5) is 0. The van der Waals surface area contributed by atoms with Crippen LogP contribution >= 0.6 is 0 Å². The fraction of sp³-hybridized carbons (Fsp3) is 0.300. The van der Waals surface area contributed by atoms with Crippen molar-refractivity contribution in [2.45, 2.75) is 13.8 Å². The van der Waals surface area contributed by atoms with Gasteiger partial charge in [-0.25, -0.2) is 0 Å². The molecular weight excluding hydrogens is 150 g/mol. The van der Waals surface area contributed by atoms with E-state index in [1.165, 1.54) is 5.56 Å². The number of nitrogens with zero attached hydrogens (tertiary/aromatic N) is 1. The molecule has 0 N–H and O–H groups in total. The van der Waals surface area contributed by atoms with Gasteiger partial charge < -0.3 is 4.42 Å². The number of fused-ring (bicyclic) bond motifs is 1. The van der Waals surface area contributed by atoms with Crippen LogP contribution in [-0.2, 0) is 7.05 Å². The molecule has 2 aromatic rings. The maximum atomic E-state index is 5.54. The largest absolute Gasteiger partial charge is 0.402 e. The maximum absolute atomic E-state index is 5.54. The zero-order valence-electron chi connectivity index (χ0n) is 7.59. The second-order valence-corrected chi connectivity index (χ2v) is 3.15. The van der Waals surface area contributed by atoms with E-state index in [-0.39, 0.29) is 0 Å². The van der Waals surface area contributed by atoms with Gasteiger partial charge in [-0.1, -0.05) is 6.07 Å². The Bertz CT molecular complexity index is 429. The zero-order valence-corrected chi connectivity index (χ0v) is 7.59. The monoisotopic (exact) mass is 162 g/mol. The van der Waals surface area contributed by atoms with Crippen LogP contribution in [0.4, 0.5) is 0 Å². The van der Waals surface area contributed by atoms with E-state index in [1.54, 1.807) is 0 Å². The Morgan fingerprint density at radius 2 is 2.00 bits per heavy atom. The lowest BCUT2D eigenvalue weighted by Crippen LogP contribution is -2.28. The molecule has 0 atom stereocenters. The van der Waals surface area contributed by atoms with Crippen LogP contribution in [0.25, 0.3) is 11.1 Å².